The molecule has 1 aromatic carbocycles. The van der Waals surface area contributed by atoms with Crippen LogP contribution in [-0.2, 0) is 4.74 Å². The van der Waals surface area contributed by atoms with Gasteiger partial charge in [0, 0.05) is 17.5 Å². The lowest BCUT2D eigenvalue weighted by Crippen LogP contribution is -2.18. The van der Waals surface area contributed by atoms with Crippen molar-refractivity contribution >= 4 is 17.9 Å². The lowest BCUT2D eigenvalue weighted by molar-refractivity contribution is -0.174. The van der Waals surface area contributed by atoms with E-state index in [9.17, 15) is 18.0 Å². The molecule has 0 fully saturated rings. The molecule has 0 aliphatic rings. The van der Waals surface area contributed by atoms with Crippen LogP contribution in [0.25, 0.3) is 0 Å². The van der Waals surface area contributed by atoms with E-state index < -0.39 is 12.8 Å². The van der Waals surface area contributed by atoms with Crippen LogP contribution in [0.4, 0.5) is 13.2 Å². The van der Waals surface area contributed by atoms with Gasteiger partial charge in [-0.05, 0) is 6.07 Å². The van der Waals surface area contributed by atoms with Crippen molar-refractivity contribution in [3.05, 3.63) is 22.7 Å². The molecule has 1 rings (SSSR count). The van der Waals surface area contributed by atoms with Crippen LogP contribution in [0.2, 0.25) is 5.02 Å². The number of aldehydes is 1. The minimum atomic E-state index is -4.34. The van der Waals surface area contributed by atoms with Crippen LogP contribution in [0.5, 0.6) is 11.5 Å². The molecule has 0 saturated heterocycles. The van der Waals surface area contributed by atoms with Gasteiger partial charge in [0.25, 0.3) is 0 Å². The summed E-state index contributed by atoms with van der Waals surface area (Å²) in [7, 11) is 1.39. The molecule has 0 aliphatic carbocycles. The summed E-state index contributed by atoms with van der Waals surface area (Å²) in [5, 5.41) is 0.315. The first-order chi connectivity index (χ1) is 9.87. The van der Waals surface area contributed by atoms with Crippen LogP contribution < -0.4 is 9.47 Å². The molecule has 0 bridgehead atoms. The maximum Gasteiger partial charge on any atom is 0.411 e. The molecule has 21 heavy (non-hydrogen) atoms. The number of methoxy groups -OCH3 is 1. The lowest BCUT2D eigenvalue weighted by Gasteiger charge is -2.13. The van der Waals surface area contributed by atoms with E-state index >= 15 is 0 Å². The summed E-state index contributed by atoms with van der Waals surface area (Å²) in [6.07, 6.45) is -3.55. The van der Waals surface area contributed by atoms with E-state index in [1.54, 1.807) is 0 Å². The Kier molecular flexibility index (Phi) is 6.77. The van der Waals surface area contributed by atoms with Gasteiger partial charge in [0.05, 0.1) is 25.9 Å². The first-order valence-electron chi connectivity index (χ1n) is 5.97. The Morgan fingerprint density at radius 2 is 2.00 bits per heavy atom. The van der Waals surface area contributed by atoms with Gasteiger partial charge in [0.15, 0.2) is 17.8 Å². The number of alkyl halides is 3. The van der Waals surface area contributed by atoms with Gasteiger partial charge < -0.3 is 14.2 Å². The van der Waals surface area contributed by atoms with Gasteiger partial charge in [-0.2, -0.15) is 13.2 Å². The molecule has 0 N–H and O–H groups in total. The second-order valence-corrected chi connectivity index (χ2v) is 4.45. The quantitative estimate of drug-likeness (QED) is 0.542. The Balaban J connectivity index is 2.50. The Bertz CT molecular complexity index is 477. The summed E-state index contributed by atoms with van der Waals surface area (Å²) < 4.78 is 50.4. The number of hydrogen-bond donors (Lipinski definition) is 0. The monoisotopic (exact) mass is 326 g/mol. The number of halogens is 4. The maximum absolute atomic E-state index is 11.8. The van der Waals surface area contributed by atoms with E-state index in [2.05, 4.69) is 4.74 Å². The van der Waals surface area contributed by atoms with Gasteiger partial charge in [-0.25, -0.2) is 0 Å². The van der Waals surface area contributed by atoms with Crippen molar-refractivity contribution in [1.29, 1.82) is 0 Å². The third-order valence-electron chi connectivity index (χ3n) is 2.34. The Labute approximate surface area is 124 Å². The van der Waals surface area contributed by atoms with Crippen LogP contribution in [0.15, 0.2) is 12.1 Å². The number of carbonyl (C=O) groups is 1. The number of benzene rings is 1. The normalized spacial score (nSPS) is 11.3. The molecule has 0 heterocycles. The molecule has 0 saturated carbocycles. The SMILES string of the molecule is COc1cc(Cl)cc(C=O)c1OCCCOCC(F)(F)F. The minimum absolute atomic E-state index is 0.0800. The van der Waals surface area contributed by atoms with Crippen LogP contribution in [0.3, 0.4) is 0 Å². The standard InChI is InChI=1S/C13H14ClF3O4/c1-19-11-6-10(14)5-9(7-18)12(11)21-4-2-3-20-8-13(15,16)17/h5-7H,2-4,8H2,1H3. The van der Waals surface area contributed by atoms with Gasteiger partial charge >= 0.3 is 6.18 Å². The van der Waals surface area contributed by atoms with Crippen molar-refractivity contribution < 1.29 is 32.2 Å². The van der Waals surface area contributed by atoms with Crippen molar-refractivity contribution in [2.75, 3.05) is 26.9 Å². The highest BCUT2D eigenvalue weighted by Crippen LogP contribution is 2.33. The largest absolute Gasteiger partial charge is 0.493 e. The van der Waals surface area contributed by atoms with Crippen molar-refractivity contribution in [2.45, 2.75) is 12.6 Å². The predicted octanol–water partition coefficient (Wildman–Crippen LogP) is 3.51. The number of ether oxygens (including phenoxy) is 3. The van der Waals surface area contributed by atoms with E-state index in [0.29, 0.717) is 11.3 Å². The second-order valence-electron chi connectivity index (χ2n) is 4.01. The zero-order chi connectivity index (χ0) is 15.9. The number of rotatable bonds is 8. The van der Waals surface area contributed by atoms with E-state index in [1.165, 1.54) is 19.2 Å². The van der Waals surface area contributed by atoms with Gasteiger partial charge in [-0.3, -0.25) is 4.79 Å². The Morgan fingerprint density at radius 1 is 1.29 bits per heavy atom. The molecule has 0 spiro atoms. The topological polar surface area (TPSA) is 44.8 Å². The van der Waals surface area contributed by atoms with E-state index in [-0.39, 0.29) is 36.7 Å². The van der Waals surface area contributed by atoms with Crippen LogP contribution in [0.1, 0.15) is 16.8 Å². The van der Waals surface area contributed by atoms with Crippen LogP contribution in [0, 0.1) is 0 Å². The highest BCUT2D eigenvalue weighted by Gasteiger charge is 2.27. The molecule has 1 aromatic rings. The summed E-state index contributed by atoms with van der Waals surface area (Å²) in [5.41, 5.74) is 0.204. The van der Waals surface area contributed by atoms with E-state index in [4.69, 9.17) is 21.1 Å². The number of carbonyl (C=O) groups excluding carboxylic acids is 1. The summed E-state index contributed by atoms with van der Waals surface area (Å²) in [4.78, 5) is 10.9. The summed E-state index contributed by atoms with van der Waals surface area (Å²) in [6, 6.07) is 2.89. The Hall–Kier alpha value is -1.47. The smallest absolute Gasteiger partial charge is 0.411 e. The molecule has 0 aromatic heterocycles. The zero-order valence-corrected chi connectivity index (χ0v) is 12.0. The molecule has 8 heteroatoms. The van der Waals surface area contributed by atoms with Crippen molar-refractivity contribution in [3.63, 3.8) is 0 Å². The molecule has 0 atom stereocenters. The van der Waals surface area contributed by atoms with Crippen molar-refractivity contribution in [2.24, 2.45) is 0 Å². The van der Waals surface area contributed by atoms with Crippen molar-refractivity contribution in [1.82, 2.24) is 0 Å². The van der Waals surface area contributed by atoms with Gasteiger partial charge in [-0.15, -0.1) is 0 Å². The van der Waals surface area contributed by atoms with Gasteiger partial charge in [0.2, 0.25) is 0 Å². The summed E-state index contributed by atoms with van der Waals surface area (Å²) in [6.45, 7) is -1.32. The van der Waals surface area contributed by atoms with Gasteiger partial charge in [0.1, 0.15) is 6.61 Å². The Morgan fingerprint density at radius 3 is 2.57 bits per heavy atom. The molecular weight excluding hydrogens is 313 g/mol. The summed E-state index contributed by atoms with van der Waals surface area (Å²) in [5.74, 6) is 0.480. The minimum Gasteiger partial charge on any atom is -0.493 e. The average molecular weight is 327 g/mol. The molecule has 0 unspecified atom stereocenters. The fourth-order valence-electron chi connectivity index (χ4n) is 1.51. The van der Waals surface area contributed by atoms with Crippen LogP contribution >= 0.6 is 11.6 Å². The second kappa shape index (κ2) is 8.09. The zero-order valence-electron chi connectivity index (χ0n) is 11.2. The van der Waals surface area contributed by atoms with Crippen LogP contribution in [-0.4, -0.2) is 39.4 Å². The van der Waals surface area contributed by atoms with E-state index in [1.807, 2.05) is 0 Å². The number of hydrogen-bond acceptors (Lipinski definition) is 4. The molecule has 0 aliphatic heterocycles. The van der Waals surface area contributed by atoms with Crippen molar-refractivity contribution in [3.8, 4) is 11.5 Å². The summed E-state index contributed by atoms with van der Waals surface area (Å²) >= 11 is 5.80. The lowest BCUT2D eigenvalue weighted by atomic mass is 10.2. The maximum atomic E-state index is 11.8. The first-order valence-corrected chi connectivity index (χ1v) is 6.35. The molecular formula is C13H14ClF3O4. The molecule has 118 valence electrons. The highest BCUT2D eigenvalue weighted by molar-refractivity contribution is 6.31. The predicted molar refractivity (Wildman–Crippen MR) is 70.4 cm³/mol. The molecule has 4 nitrogen and oxygen atoms in total. The first kappa shape index (κ1) is 17.6. The fraction of sp³-hybridized carbons (Fsp3) is 0.462. The molecule has 0 radical (unpaired) electrons. The third-order valence-corrected chi connectivity index (χ3v) is 2.56. The fourth-order valence-corrected chi connectivity index (χ4v) is 1.72. The molecule has 0 amide bonds. The highest BCUT2D eigenvalue weighted by atomic mass is 35.5. The third kappa shape index (κ3) is 6.22. The average Bonchev–Trinajstić information content (AvgIpc) is 2.41. The van der Waals surface area contributed by atoms with Gasteiger partial charge in [-0.1, -0.05) is 11.6 Å². The van der Waals surface area contributed by atoms with E-state index in [0.717, 1.165) is 0 Å².